The van der Waals surface area contributed by atoms with E-state index in [0.717, 1.165) is 19.3 Å². The van der Waals surface area contributed by atoms with Gasteiger partial charge in [0.1, 0.15) is 0 Å². The van der Waals surface area contributed by atoms with Gasteiger partial charge in [-0.05, 0) is 24.7 Å². The van der Waals surface area contributed by atoms with Crippen LogP contribution in [0.3, 0.4) is 0 Å². The molecular weight excluding hydrogens is 232 g/mol. The Morgan fingerprint density at radius 3 is 2.67 bits per heavy atom. The maximum absolute atomic E-state index is 11.8. The fourth-order valence-corrected chi connectivity index (χ4v) is 2.47. The molecule has 0 aromatic rings. The second kappa shape index (κ2) is 6.73. The summed E-state index contributed by atoms with van der Waals surface area (Å²) >= 11 is 0. The lowest BCUT2D eigenvalue weighted by Gasteiger charge is -2.21. The zero-order chi connectivity index (χ0) is 13.7. The Kier molecular flexibility index (Phi) is 5.59. The molecule has 1 rings (SSSR count). The highest BCUT2D eigenvalue weighted by molar-refractivity contribution is 5.81. The van der Waals surface area contributed by atoms with Crippen LogP contribution in [0.2, 0.25) is 0 Å². The monoisotopic (exact) mass is 256 g/mol. The van der Waals surface area contributed by atoms with Crippen molar-refractivity contribution in [2.75, 3.05) is 6.54 Å². The largest absolute Gasteiger partial charge is 0.481 e. The van der Waals surface area contributed by atoms with Crippen LogP contribution in [0.4, 0.5) is 0 Å². The molecule has 0 aromatic heterocycles. The molecule has 0 radical (unpaired) electrons. The van der Waals surface area contributed by atoms with Crippen molar-refractivity contribution in [2.24, 2.45) is 23.5 Å². The summed E-state index contributed by atoms with van der Waals surface area (Å²) in [5.74, 6) is -1.04. The van der Waals surface area contributed by atoms with E-state index in [1.165, 1.54) is 0 Å². The molecule has 5 nitrogen and oxygen atoms in total. The van der Waals surface area contributed by atoms with Gasteiger partial charge in [-0.1, -0.05) is 26.7 Å². The standard InChI is InChI=1S/C13H24N2O3/c1-3-8(2)11(14)12(16)15-7-9-5-4-6-10(9)13(17)18/h8-11H,3-7,14H2,1-2H3,(H,15,16)(H,17,18). The number of aliphatic carboxylic acids is 1. The van der Waals surface area contributed by atoms with Crippen molar-refractivity contribution in [1.82, 2.24) is 5.32 Å². The first kappa shape index (κ1) is 15.0. The summed E-state index contributed by atoms with van der Waals surface area (Å²) < 4.78 is 0. The van der Waals surface area contributed by atoms with Crippen molar-refractivity contribution in [1.29, 1.82) is 0 Å². The Morgan fingerprint density at radius 2 is 2.11 bits per heavy atom. The van der Waals surface area contributed by atoms with Crippen molar-refractivity contribution in [3.8, 4) is 0 Å². The molecule has 104 valence electrons. The summed E-state index contributed by atoms with van der Waals surface area (Å²) in [6.07, 6.45) is 3.37. The van der Waals surface area contributed by atoms with Crippen molar-refractivity contribution in [3.05, 3.63) is 0 Å². The molecule has 5 heteroatoms. The number of hydrogen-bond acceptors (Lipinski definition) is 3. The first-order chi connectivity index (χ1) is 8.47. The van der Waals surface area contributed by atoms with E-state index in [0.29, 0.717) is 13.0 Å². The third-order valence-corrected chi connectivity index (χ3v) is 4.07. The van der Waals surface area contributed by atoms with Gasteiger partial charge in [0.25, 0.3) is 0 Å². The average molecular weight is 256 g/mol. The number of nitrogens with two attached hydrogens (primary N) is 1. The lowest BCUT2D eigenvalue weighted by Crippen LogP contribution is -2.46. The van der Waals surface area contributed by atoms with Crippen molar-refractivity contribution in [3.63, 3.8) is 0 Å². The zero-order valence-corrected chi connectivity index (χ0v) is 11.2. The molecule has 4 N–H and O–H groups in total. The molecule has 1 amide bonds. The lowest BCUT2D eigenvalue weighted by atomic mass is 9.95. The zero-order valence-electron chi connectivity index (χ0n) is 11.2. The number of amides is 1. The number of rotatable bonds is 6. The summed E-state index contributed by atoms with van der Waals surface area (Å²) in [5, 5.41) is 11.8. The Bertz CT molecular complexity index is 307. The van der Waals surface area contributed by atoms with Crippen LogP contribution >= 0.6 is 0 Å². The van der Waals surface area contributed by atoms with Crippen LogP contribution in [-0.4, -0.2) is 29.6 Å². The van der Waals surface area contributed by atoms with E-state index in [4.69, 9.17) is 10.8 Å². The fourth-order valence-electron chi connectivity index (χ4n) is 2.47. The molecule has 1 aliphatic rings. The Balaban J connectivity index is 2.40. The normalized spacial score (nSPS) is 26.6. The number of carboxylic acids is 1. The highest BCUT2D eigenvalue weighted by Crippen LogP contribution is 2.31. The fraction of sp³-hybridized carbons (Fsp3) is 0.846. The summed E-state index contributed by atoms with van der Waals surface area (Å²) in [7, 11) is 0. The van der Waals surface area contributed by atoms with Gasteiger partial charge in [0, 0.05) is 6.54 Å². The van der Waals surface area contributed by atoms with Crippen LogP contribution in [0.5, 0.6) is 0 Å². The van der Waals surface area contributed by atoms with Crippen LogP contribution in [0.15, 0.2) is 0 Å². The third kappa shape index (κ3) is 3.70. The molecule has 1 saturated carbocycles. The Labute approximate surface area is 108 Å². The molecule has 1 aliphatic carbocycles. The predicted octanol–water partition coefficient (Wildman–Crippen LogP) is 0.977. The van der Waals surface area contributed by atoms with Crippen LogP contribution < -0.4 is 11.1 Å². The molecule has 0 aromatic carbocycles. The SMILES string of the molecule is CCC(C)C(N)C(=O)NCC1CCCC1C(=O)O. The van der Waals surface area contributed by atoms with Gasteiger partial charge in [-0.25, -0.2) is 0 Å². The van der Waals surface area contributed by atoms with Crippen LogP contribution in [0.25, 0.3) is 0 Å². The van der Waals surface area contributed by atoms with Crippen LogP contribution in [0.1, 0.15) is 39.5 Å². The average Bonchev–Trinajstić information content (AvgIpc) is 2.82. The van der Waals surface area contributed by atoms with E-state index < -0.39 is 12.0 Å². The third-order valence-electron chi connectivity index (χ3n) is 4.07. The van der Waals surface area contributed by atoms with Gasteiger partial charge >= 0.3 is 5.97 Å². The van der Waals surface area contributed by atoms with Crippen LogP contribution in [-0.2, 0) is 9.59 Å². The molecule has 0 spiro atoms. The predicted molar refractivity (Wildman–Crippen MR) is 68.9 cm³/mol. The van der Waals surface area contributed by atoms with Gasteiger partial charge in [-0.3, -0.25) is 9.59 Å². The second-order valence-electron chi connectivity index (χ2n) is 5.29. The molecule has 4 atom stereocenters. The first-order valence-corrected chi connectivity index (χ1v) is 6.73. The molecule has 0 heterocycles. The molecular formula is C13H24N2O3. The minimum absolute atomic E-state index is 0.0515. The summed E-state index contributed by atoms with van der Waals surface area (Å²) in [6, 6.07) is -0.500. The van der Waals surface area contributed by atoms with E-state index in [1.807, 2.05) is 13.8 Å². The van der Waals surface area contributed by atoms with Crippen LogP contribution in [0, 0.1) is 17.8 Å². The molecule has 0 bridgehead atoms. The first-order valence-electron chi connectivity index (χ1n) is 6.73. The van der Waals surface area contributed by atoms with Gasteiger partial charge in [-0.15, -0.1) is 0 Å². The quantitative estimate of drug-likeness (QED) is 0.660. The molecule has 0 aliphatic heterocycles. The minimum atomic E-state index is -0.752. The number of nitrogens with one attached hydrogen (secondary N) is 1. The number of hydrogen-bond donors (Lipinski definition) is 3. The lowest BCUT2D eigenvalue weighted by molar-refractivity contribution is -0.143. The summed E-state index contributed by atoms with van der Waals surface area (Å²) in [6.45, 7) is 4.37. The highest BCUT2D eigenvalue weighted by atomic mass is 16.4. The molecule has 0 saturated heterocycles. The van der Waals surface area contributed by atoms with E-state index in [-0.39, 0.29) is 23.7 Å². The number of carboxylic acid groups (broad SMARTS) is 1. The smallest absolute Gasteiger partial charge is 0.306 e. The van der Waals surface area contributed by atoms with Crippen molar-refractivity contribution >= 4 is 11.9 Å². The molecule has 18 heavy (non-hydrogen) atoms. The van der Waals surface area contributed by atoms with Crippen molar-refractivity contribution in [2.45, 2.75) is 45.6 Å². The number of carbonyl (C=O) groups excluding carboxylic acids is 1. The van der Waals surface area contributed by atoms with Gasteiger partial charge in [-0.2, -0.15) is 0 Å². The van der Waals surface area contributed by atoms with E-state index in [9.17, 15) is 9.59 Å². The molecule has 4 unspecified atom stereocenters. The Morgan fingerprint density at radius 1 is 1.44 bits per heavy atom. The minimum Gasteiger partial charge on any atom is -0.481 e. The van der Waals surface area contributed by atoms with E-state index in [1.54, 1.807) is 0 Å². The maximum atomic E-state index is 11.8. The number of carbonyl (C=O) groups is 2. The second-order valence-corrected chi connectivity index (χ2v) is 5.29. The topological polar surface area (TPSA) is 92.4 Å². The summed E-state index contributed by atoms with van der Waals surface area (Å²) in [5.41, 5.74) is 5.82. The van der Waals surface area contributed by atoms with E-state index in [2.05, 4.69) is 5.32 Å². The van der Waals surface area contributed by atoms with Gasteiger partial charge in [0.15, 0.2) is 0 Å². The van der Waals surface area contributed by atoms with Gasteiger partial charge in [0.2, 0.25) is 5.91 Å². The highest BCUT2D eigenvalue weighted by Gasteiger charge is 2.33. The van der Waals surface area contributed by atoms with Crippen molar-refractivity contribution < 1.29 is 14.7 Å². The van der Waals surface area contributed by atoms with E-state index >= 15 is 0 Å². The maximum Gasteiger partial charge on any atom is 0.306 e. The Hall–Kier alpha value is -1.10. The summed E-state index contributed by atoms with van der Waals surface area (Å²) in [4.78, 5) is 22.8. The van der Waals surface area contributed by atoms with Gasteiger partial charge in [0.05, 0.1) is 12.0 Å². The molecule has 1 fully saturated rings. The van der Waals surface area contributed by atoms with Gasteiger partial charge < -0.3 is 16.2 Å².